The number of H-pyrrole nitrogens is 1. The molecular formula is C29H35N5O6. The quantitative estimate of drug-likeness (QED) is 0.172. The molecule has 0 unspecified atom stereocenters. The van der Waals surface area contributed by atoms with Gasteiger partial charge in [-0.05, 0) is 30.5 Å². The Hall–Kier alpha value is -4.67. The summed E-state index contributed by atoms with van der Waals surface area (Å²) >= 11 is 0. The third-order valence-corrected chi connectivity index (χ3v) is 6.43. The summed E-state index contributed by atoms with van der Waals surface area (Å²) in [6.07, 6.45) is 2.36. The van der Waals surface area contributed by atoms with Crippen LogP contribution < -0.4 is 16.0 Å². The van der Waals surface area contributed by atoms with Crippen molar-refractivity contribution >= 4 is 40.6 Å². The molecule has 0 saturated heterocycles. The number of carboxylic acid groups (broad SMARTS) is 1. The van der Waals surface area contributed by atoms with E-state index in [-0.39, 0.29) is 19.5 Å². The van der Waals surface area contributed by atoms with Crippen molar-refractivity contribution in [3.05, 3.63) is 71.9 Å². The maximum atomic E-state index is 13.9. The number of imide groups is 1. The maximum Gasteiger partial charge on any atom is 0.405 e. The van der Waals surface area contributed by atoms with Gasteiger partial charge < -0.3 is 26.0 Å². The largest absolute Gasteiger partial charge is 0.465 e. The summed E-state index contributed by atoms with van der Waals surface area (Å²) in [6.45, 7) is 3.42. The third kappa shape index (κ3) is 8.16. The SMILES string of the molecule is CCCCCN(C(=O)C(=O)NCc1ccccc1)C(=O)[C@H](Cc1c[nH]c2ccccc12)NC(=O)[C@H](C)NC(=O)O. The Morgan fingerprint density at radius 2 is 1.65 bits per heavy atom. The van der Waals surface area contributed by atoms with Gasteiger partial charge in [-0.15, -0.1) is 0 Å². The highest BCUT2D eigenvalue weighted by Crippen LogP contribution is 2.20. The van der Waals surface area contributed by atoms with Crippen molar-refractivity contribution < 1.29 is 29.1 Å². The Labute approximate surface area is 232 Å². The number of carbonyl (C=O) groups excluding carboxylic acids is 4. The summed E-state index contributed by atoms with van der Waals surface area (Å²) in [5.74, 6) is -3.45. The summed E-state index contributed by atoms with van der Waals surface area (Å²) in [5, 5.41) is 17.1. The van der Waals surface area contributed by atoms with E-state index in [1.807, 2.05) is 49.4 Å². The van der Waals surface area contributed by atoms with Crippen LogP contribution in [0.1, 0.15) is 44.2 Å². The first-order chi connectivity index (χ1) is 19.2. The second kappa shape index (κ2) is 14.5. The van der Waals surface area contributed by atoms with Crippen LogP contribution >= 0.6 is 0 Å². The number of para-hydroxylation sites is 1. The summed E-state index contributed by atoms with van der Waals surface area (Å²) in [4.78, 5) is 67.9. The van der Waals surface area contributed by atoms with Gasteiger partial charge in [0.15, 0.2) is 0 Å². The zero-order valence-electron chi connectivity index (χ0n) is 22.6. The van der Waals surface area contributed by atoms with Gasteiger partial charge in [0.1, 0.15) is 12.1 Å². The smallest absolute Gasteiger partial charge is 0.405 e. The molecule has 11 nitrogen and oxygen atoms in total. The number of nitrogens with zero attached hydrogens (tertiary/aromatic N) is 1. The molecule has 1 heterocycles. The average molecular weight is 550 g/mol. The molecule has 212 valence electrons. The van der Waals surface area contributed by atoms with E-state index in [1.165, 1.54) is 6.92 Å². The fraction of sp³-hybridized carbons (Fsp3) is 0.345. The second-order valence-corrected chi connectivity index (χ2v) is 9.47. The molecule has 3 aromatic rings. The van der Waals surface area contributed by atoms with Crippen molar-refractivity contribution in [3.63, 3.8) is 0 Å². The molecule has 2 atom stereocenters. The van der Waals surface area contributed by atoms with Crippen molar-refractivity contribution in [2.45, 2.75) is 58.2 Å². The maximum absolute atomic E-state index is 13.9. The minimum Gasteiger partial charge on any atom is -0.465 e. The van der Waals surface area contributed by atoms with Gasteiger partial charge >= 0.3 is 17.9 Å². The number of aromatic nitrogens is 1. The van der Waals surface area contributed by atoms with Crippen LogP contribution in [-0.2, 0) is 32.1 Å². The molecule has 0 spiro atoms. The van der Waals surface area contributed by atoms with Crippen LogP contribution in [-0.4, -0.2) is 63.3 Å². The highest BCUT2D eigenvalue weighted by molar-refractivity contribution is 6.37. The number of hydrogen-bond donors (Lipinski definition) is 5. The van der Waals surface area contributed by atoms with Crippen molar-refractivity contribution in [1.82, 2.24) is 25.8 Å². The zero-order chi connectivity index (χ0) is 29.1. The van der Waals surface area contributed by atoms with Gasteiger partial charge in [-0.3, -0.25) is 24.1 Å². The molecule has 3 rings (SSSR count). The molecule has 5 N–H and O–H groups in total. The Balaban J connectivity index is 1.87. The van der Waals surface area contributed by atoms with Crippen molar-refractivity contribution in [3.8, 4) is 0 Å². The number of carbonyl (C=O) groups is 5. The van der Waals surface area contributed by atoms with Crippen LogP contribution in [0.25, 0.3) is 10.9 Å². The highest BCUT2D eigenvalue weighted by atomic mass is 16.4. The number of rotatable bonds is 12. The van der Waals surface area contributed by atoms with E-state index in [1.54, 1.807) is 18.3 Å². The van der Waals surface area contributed by atoms with E-state index < -0.39 is 41.8 Å². The van der Waals surface area contributed by atoms with Crippen LogP contribution in [0, 0.1) is 0 Å². The Morgan fingerprint density at radius 1 is 0.950 bits per heavy atom. The first kappa shape index (κ1) is 29.9. The molecule has 0 bridgehead atoms. The highest BCUT2D eigenvalue weighted by Gasteiger charge is 2.34. The van der Waals surface area contributed by atoms with Gasteiger partial charge in [0.25, 0.3) is 5.91 Å². The molecule has 0 aliphatic heterocycles. The molecule has 40 heavy (non-hydrogen) atoms. The van der Waals surface area contributed by atoms with E-state index in [0.717, 1.165) is 34.2 Å². The van der Waals surface area contributed by atoms with E-state index in [9.17, 15) is 24.0 Å². The van der Waals surface area contributed by atoms with Gasteiger partial charge in [-0.2, -0.15) is 0 Å². The molecule has 11 heteroatoms. The predicted molar refractivity (Wildman–Crippen MR) is 149 cm³/mol. The average Bonchev–Trinajstić information content (AvgIpc) is 3.36. The Kier molecular flexibility index (Phi) is 10.8. The number of aromatic amines is 1. The summed E-state index contributed by atoms with van der Waals surface area (Å²) < 4.78 is 0. The lowest BCUT2D eigenvalue weighted by molar-refractivity contribution is -0.154. The first-order valence-electron chi connectivity index (χ1n) is 13.2. The van der Waals surface area contributed by atoms with Crippen molar-refractivity contribution in [1.29, 1.82) is 0 Å². The number of fused-ring (bicyclic) bond motifs is 1. The van der Waals surface area contributed by atoms with Gasteiger partial charge in [-0.25, -0.2) is 4.79 Å². The number of benzene rings is 2. The van der Waals surface area contributed by atoms with Gasteiger partial charge in [-0.1, -0.05) is 68.3 Å². The fourth-order valence-electron chi connectivity index (χ4n) is 4.26. The molecule has 0 saturated carbocycles. The monoisotopic (exact) mass is 549 g/mol. The molecule has 2 aromatic carbocycles. The molecule has 0 aliphatic rings. The lowest BCUT2D eigenvalue weighted by Crippen LogP contribution is -2.57. The Morgan fingerprint density at radius 3 is 2.35 bits per heavy atom. The topological polar surface area (TPSA) is 161 Å². The van der Waals surface area contributed by atoms with E-state index in [2.05, 4.69) is 20.9 Å². The molecular weight excluding hydrogens is 514 g/mol. The van der Waals surface area contributed by atoms with E-state index >= 15 is 0 Å². The van der Waals surface area contributed by atoms with Crippen LogP contribution in [0.2, 0.25) is 0 Å². The first-order valence-corrected chi connectivity index (χ1v) is 13.2. The standard InChI is InChI=1S/C29H35N5O6/c1-3-4-10-15-34(28(38)26(36)31-17-20-11-6-5-7-12-20)27(37)24(33-25(35)19(2)32-29(39)40)16-21-18-30-23-14-9-8-13-22(21)23/h5-9,11-14,18-19,24,30,32H,3-4,10,15-17H2,1-2H3,(H,31,36)(H,33,35)(H,39,40)/t19-,24-/m0/s1. The molecule has 0 fully saturated rings. The summed E-state index contributed by atoms with van der Waals surface area (Å²) in [5.41, 5.74) is 2.33. The second-order valence-electron chi connectivity index (χ2n) is 9.47. The minimum atomic E-state index is -1.39. The Bertz CT molecular complexity index is 1340. The number of amides is 5. The summed E-state index contributed by atoms with van der Waals surface area (Å²) in [6, 6.07) is 14.1. The molecule has 0 aliphatic carbocycles. The van der Waals surface area contributed by atoms with Crippen LogP contribution in [0.5, 0.6) is 0 Å². The van der Waals surface area contributed by atoms with Gasteiger partial charge in [0.2, 0.25) is 5.91 Å². The minimum absolute atomic E-state index is 0.00650. The normalized spacial score (nSPS) is 12.2. The zero-order valence-corrected chi connectivity index (χ0v) is 22.6. The van der Waals surface area contributed by atoms with Crippen LogP contribution in [0.3, 0.4) is 0 Å². The lowest BCUT2D eigenvalue weighted by atomic mass is 10.0. The van der Waals surface area contributed by atoms with Crippen LogP contribution in [0.15, 0.2) is 60.8 Å². The third-order valence-electron chi connectivity index (χ3n) is 6.43. The number of unbranched alkanes of at least 4 members (excludes halogenated alkanes) is 2. The summed E-state index contributed by atoms with van der Waals surface area (Å²) in [7, 11) is 0. The van der Waals surface area contributed by atoms with Crippen molar-refractivity contribution in [2.75, 3.05) is 6.54 Å². The number of hydrogen-bond acceptors (Lipinski definition) is 5. The van der Waals surface area contributed by atoms with Gasteiger partial charge in [0, 0.05) is 36.6 Å². The molecule has 0 radical (unpaired) electrons. The van der Waals surface area contributed by atoms with E-state index in [0.29, 0.717) is 12.0 Å². The molecule has 1 aromatic heterocycles. The fourth-order valence-corrected chi connectivity index (χ4v) is 4.26. The predicted octanol–water partition coefficient (Wildman–Crippen LogP) is 2.71. The van der Waals surface area contributed by atoms with Crippen molar-refractivity contribution in [2.24, 2.45) is 0 Å². The van der Waals surface area contributed by atoms with E-state index in [4.69, 9.17) is 5.11 Å². The molecule has 5 amide bonds. The van der Waals surface area contributed by atoms with Gasteiger partial charge in [0.05, 0.1) is 0 Å². The van der Waals surface area contributed by atoms with Crippen LogP contribution in [0.4, 0.5) is 4.79 Å². The lowest BCUT2D eigenvalue weighted by Gasteiger charge is -2.27. The number of nitrogens with one attached hydrogen (secondary N) is 4.